The number of nitrogens with zero attached hydrogens (tertiary/aromatic N) is 1. The van der Waals surface area contributed by atoms with Crippen molar-refractivity contribution in [3.8, 4) is 11.5 Å². The molecule has 8 heteroatoms. The number of carbonyl (C=O) groups excluding carboxylic acids is 1. The third-order valence-electron chi connectivity index (χ3n) is 4.66. The minimum atomic E-state index is -0.980. The summed E-state index contributed by atoms with van der Waals surface area (Å²) in [5.74, 6) is -1.09. The molecule has 1 atom stereocenters. The highest BCUT2D eigenvalue weighted by Crippen LogP contribution is 2.48. The first kappa shape index (κ1) is 17.8. The van der Waals surface area contributed by atoms with Gasteiger partial charge in [-0.05, 0) is 23.1 Å². The molecule has 1 aromatic rings. The highest BCUT2D eigenvalue weighted by molar-refractivity contribution is 5.99. The summed E-state index contributed by atoms with van der Waals surface area (Å²) in [7, 11) is 1.38. The Hall–Kier alpha value is -3.03. The van der Waals surface area contributed by atoms with Gasteiger partial charge in [-0.3, -0.25) is 14.9 Å². The average molecular weight is 360 g/mol. The van der Waals surface area contributed by atoms with Gasteiger partial charge in [0.25, 0.3) is 5.88 Å². The van der Waals surface area contributed by atoms with Gasteiger partial charge in [0.15, 0.2) is 17.3 Å². The Bertz CT molecular complexity index is 868. The van der Waals surface area contributed by atoms with Crippen molar-refractivity contribution in [2.75, 3.05) is 7.11 Å². The molecule has 1 aliphatic carbocycles. The maximum Gasteiger partial charge on any atom is 0.317 e. The van der Waals surface area contributed by atoms with E-state index in [1.807, 2.05) is 13.8 Å². The van der Waals surface area contributed by atoms with Gasteiger partial charge in [0.05, 0.1) is 17.6 Å². The van der Waals surface area contributed by atoms with E-state index in [4.69, 9.17) is 15.2 Å². The van der Waals surface area contributed by atoms with E-state index < -0.39 is 10.8 Å². The van der Waals surface area contributed by atoms with E-state index in [2.05, 4.69) is 0 Å². The fourth-order valence-electron chi connectivity index (χ4n) is 3.55. The standard InChI is InChI=1S/C18H20N2O6/c1-18(2)7-11(22)15-13(8-18)26-17(19)16(20(23)24)14(15)9-4-5-10(21)12(6-9)25-3/h4-6,14,21H,7-8,19H2,1-3H3/t14-/m1/s1. The molecule has 2 aliphatic rings. The van der Waals surface area contributed by atoms with Crippen LogP contribution in [0.1, 0.15) is 38.2 Å². The van der Waals surface area contributed by atoms with Crippen molar-refractivity contribution in [1.82, 2.24) is 0 Å². The number of hydrogen-bond donors (Lipinski definition) is 2. The predicted octanol–water partition coefficient (Wildman–Crippen LogP) is 2.56. The Labute approximate surface area is 150 Å². The van der Waals surface area contributed by atoms with Crippen LogP contribution < -0.4 is 10.5 Å². The zero-order chi connectivity index (χ0) is 19.2. The molecule has 1 aliphatic heterocycles. The molecule has 138 valence electrons. The van der Waals surface area contributed by atoms with E-state index in [0.29, 0.717) is 17.7 Å². The van der Waals surface area contributed by atoms with E-state index in [9.17, 15) is 20.0 Å². The lowest BCUT2D eigenvalue weighted by atomic mass is 9.71. The van der Waals surface area contributed by atoms with Gasteiger partial charge >= 0.3 is 5.70 Å². The van der Waals surface area contributed by atoms with Crippen LogP contribution in [0, 0.1) is 15.5 Å². The van der Waals surface area contributed by atoms with Crippen LogP contribution in [-0.2, 0) is 9.53 Å². The van der Waals surface area contributed by atoms with Crippen LogP contribution in [0.3, 0.4) is 0 Å². The third kappa shape index (κ3) is 2.87. The molecular formula is C18H20N2O6. The normalized spacial score (nSPS) is 22.0. The van der Waals surface area contributed by atoms with E-state index in [1.165, 1.54) is 25.3 Å². The van der Waals surface area contributed by atoms with Crippen LogP contribution in [0.25, 0.3) is 0 Å². The number of benzene rings is 1. The number of aromatic hydroxyl groups is 1. The summed E-state index contributed by atoms with van der Waals surface area (Å²) in [5, 5.41) is 21.5. The molecule has 1 heterocycles. The molecule has 3 rings (SSSR count). The van der Waals surface area contributed by atoms with Crippen LogP contribution in [0.4, 0.5) is 0 Å². The van der Waals surface area contributed by atoms with Gasteiger partial charge in [-0.25, -0.2) is 0 Å². The van der Waals surface area contributed by atoms with Gasteiger partial charge in [0.2, 0.25) is 0 Å². The predicted molar refractivity (Wildman–Crippen MR) is 91.7 cm³/mol. The highest BCUT2D eigenvalue weighted by atomic mass is 16.6. The summed E-state index contributed by atoms with van der Waals surface area (Å²) in [6.45, 7) is 3.86. The van der Waals surface area contributed by atoms with Gasteiger partial charge in [-0.2, -0.15) is 0 Å². The van der Waals surface area contributed by atoms with Crippen molar-refractivity contribution < 1.29 is 24.3 Å². The van der Waals surface area contributed by atoms with Crippen molar-refractivity contribution in [2.24, 2.45) is 11.1 Å². The van der Waals surface area contributed by atoms with Gasteiger partial charge in [-0.15, -0.1) is 0 Å². The molecule has 0 bridgehead atoms. The van der Waals surface area contributed by atoms with E-state index in [0.717, 1.165) is 0 Å². The number of hydrogen-bond acceptors (Lipinski definition) is 7. The number of ether oxygens (including phenoxy) is 2. The zero-order valence-electron chi connectivity index (χ0n) is 14.7. The molecule has 3 N–H and O–H groups in total. The molecule has 0 radical (unpaired) electrons. The second kappa shape index (κ2) is 6.05. The largest absolute Gasteiger partial charge is 0.504 e. The summed E-state index contributed by atoms with van der Waals surface area (Å²) >= 11 is 0. The molecule has 0 unspecified atom stereocenters. The van der Waals surface area contributed by atoms with Crippen molar-refractivity contribution in [3.05, 3.63) is 56.8 Å². The lowest BCUT2D eigenvalue weighted by molar-refractivity contribution is -0.433. The lowest BCUT2D eigenvalue weighted by Crippen LogP contribution is -2.35. The number of nitro groups is 1. The van der Waals surface area contributed by atoms with E-state index in [1.54, 1.807) is 0 Å². The highest BCUT2D eigenvalue weighted by Gasteiger charge is 2.47. The lowest BCUT2D eigenvalue weighted by Gasteiger charge is -2.36. The topological polar surface area (TPSA) is 125 Å². The van der Waals surface area contributed by atoms with Crippen LogP contribution >= 0.6 is 0 Å². The summed E-state index contributed by atoms with van der Waals surface area (Å²) in [6.07, 6.45) is 0.706. The van der Waals surface area contributed by atoms with Gasteiger partial charge in [0.1, 0.15) is 11.7 Å². The fourth-order valence-corrected chi connectivity index (χ4v) is 3.55. The summed E-state index contributed by atoms with van der Waals surface area (Å²) in [5.41, 5.74) is 5.81. The fraction of sp³-hybridized carbons (Fsp3) is 0.389. The maximum absolute atomic E-state index is 12.8. The molecule has 26 heavy (non-hydrogen) atoms. The average Bonchev–Trinajstić information content (AvgIpc) is 2.52. The van der Waals surface area contributed by atoms with Crippen molar-refractivity contribution in [1.29, 1.82) is 0 Å². The first-order chi connectivity index (χ1) is 12.1. The summed E-state index contributed by atoms with van der Waals surface area (Å²) in [4.78, 5) is 23.8. The molecule has 1 aromatic carbocycles. The molecule has 0 aromatic heterocycles. The Balaban J connectivity index is 2.22. The summed E-state index contributed by atoms with van der Waals surface area (Å²) in [6, 6.07) is 4.36. The Morgan fingerprint density at radius 3 is 2.69 bits per heavy atom. The Kier molecular flexibility index (Phi) is 4.14. The quantitative estimate of drug-likeness (QED) is 0.627. The number of rotatable bonds is 3. The van der Waals surface area contributed by atoms with Crippen molar-refractivity contribution in [2.45, 2.75) is 32.6 Å². The molecule has 0 spiro atoms. The Morgan fingerprint density at radius 2 is 2.08 bits per heavy atom. The number of nitrogens with two attached hydrogens (primary N) is 1. The van der Waals surface area contributed by atoms with E-state index >= 15 is 0 Å². The molecule has 0 saturated heterocycles. The van der Waals surface area contributed by atoms with E-state index in [-0.39, 0.29) is 46.3 Å². The van der Waals surface area contributed by atoms with Crippen LogP contribution in [0.2, 0.25) is 0 Å². The molecule has 0 amide bonds. The van der Waals surface area contributed by atoms with Crippen LogP contribution in [-0.4, -0.2) is 22.9 Å². The second-order valence-electron chi connectivity index (χ2n) is 7.25. The number of phenolic OH excluding ortho intramolecular Hbond substituents is 1. The Morgan fingerprint density at radius 1 is 1.38 bits per heavy atom. The SMILES string of the molecule is COc1cc([C@@H]2C3=C(CC(C)(C)CC3=O)OC(N)=C2[N+](=O)[O-])ccc1O. The molecular weight excluding hydrogens is 340 g/mol. The smallest absolute Gasteiger partial charge is 0.317 e. The molecule has 0 fully saturated rings. The van der Waals surface area contributed by atoms with Crippen LogP contribution in [0.15, 0.2) is 41.1 Å². The number of methoxy groups -OCH3 is 1. The number of allylic oxidation sites excluding steroid dienone is 2. The van der Waals surface area contributed by atoms with Gasteiger partial charge in [0, 0.05) is 12.8 Å². The number of phenols is 1. The zero-order valence-corrected chi connectivity index (χ0v) is 14.7. The van der Waals surface area contributed by atoms with Gasteiger partial charge < -0.3 is 20.3 Å². The minimum Gasteiger partial charge on any atom is -0.504 e. The minimum absolute atomic E-state index is 0.103. The molecule has 0 saturated carbocycles. The van der Waals surface area contributed by atoms with Crippen molar-refractivity contribution >= 4 is 5.78 Å². The maximum atomic E-state index is 12.8. The first-order valence-electron chi connectivity index (χ1n) is 8.09. The van der Waals surface area contributed by atoms with Crippen LogP contribution in [0.5, 0.6) is 11.5 Å². The third-order valence-corrected chi connectivity index (χ3v) is 4.66. The van der Waals surface area contributed by atoms with Crippen molar-refractivity contribution in [3.63, 3.8) is 0 Å². The summed E-state index contributed by atoms with van der Waals surface area (Å²) < 4.78 is 10.6. The molecule has 8 nitrogen and oxygen atoms in total. The number of carbonyl (C=O) groups is 1. The number of ketones is 1. The number of Topliss-reactive ketones (excluding diaryl/α,β-unsaturated/α-hetero) is 1. The monoisotopic (exact) mass is 360 g/mol. The second-order valence-corrected chi connectivity index (χ2v) is 7.25. The van der Waals surface area contributed by atoms with Gasteiger partial charge in [-0.1, -0.05) is 19.9 Å². The first-order valence-corrected chi connectivity index (χ1v) is 8.09.